The number of carbonyl (C=O) groups excluding carboxylic acids is 1. The van der Waals surface area contributed by atoms with Crippen molar-refractivity contribution in [3.05, 3.63) is 47.7 Å². The standard InChI is InChI=1S/C17H15N3O2S2/c1-23-13-6-4-12(5-7-13)20-10-11(9-15(20)21)17-18-16(19-22-17)14-3-2-8-24-14/h2-8,11H,9-10H2,1H3. The molecule has 1 amide bonds. The second kappa shape index (κ2) is 6.41. The minimum Gasteiger partial charge on any atom is -0.339 e. The Hall–Kier alpha value is -2.12. The second-order valence-electron chi connectivity index (χ2n) is 5.54. The molecule has 4 rings (SSSR count). The number of benzene rings is 1. The summed E-state index contributed by atoms with van der Waals surface area (Å²) in [4.78, 5) is 20.8. The summed E-state index contributed by atoms with van der Waals surface area (Å²) in [5.74, 6) is 1.16. The Morgan fingerprint density at radius 3 is 2.83 bits per heavy atom. The number of carbonyl (C=O) groups is 1. The maximum absolute atomic E-state index is 12.4. The third-order valence-corrected chi connectivity index (χ3v) is 5.65. The van der Waals surface area contributed by atoms with Crippen LogP contribution in [0.2, 0.25) is 0 Å². The fraction of sp³-hybridized carbons (Fsp3) is 0.235. The van der Waals surface area contributed by atoms with Crippen molar-refractivity contribution in [3.63, 3.8) is 0 Å². The number of thiophene rings is 1. The van der Waals surface area contributed by atoms with Crippen LogP contribution in [-0.2, 0) is 4.79 Å². The Kier molecular flexibility index (Phi) is 4.12. The average molecular weight is 357 g/mol. The lowest BCUT2D eigenvalue weighted by molar-refractivity contribution is -0.117. The summed E-state index contributed by atoms with van der Waals surface area (Å²) in [6.45, 7) is 0.573. The number of hydrogen-bond acceptors (Lipinski definition) is 6. The van der Waals surface area contributed by atoms with Crippen molar-refractivity contribution in [3.8, 4) is 10.7 Å². The van der Waals surface area contributed by atoms with E-state index in [9.17, 15) is 4.79 Å². The molecule has 3 aromatic rings. The molecule has 2 aromatic heterocycles. The molecule has 1 fully saturated rings. The zero-order valence-electron chi connectivity index (χ0n) is 13.0. The highest BCUT2D eigenvalue weighted by molar-refractivity contribution is 7.98. The largest absolute Gasteiger partial charge is 0.339 e. The minimum atomic E-state index is -0.0565. The predicted molar refractivity (Wildman–Crippen MR) is 95.5 cm³/mol. The average Bonchev–Trinajstić information content (AvgIpc) is 3.34. The Balaban J connectivity index is 1.53. The highest BCUT2D eigenvalue weighted by Gasteiger charge is 2.35. The fourth-order valence-electron chi connectivity index (χ4n) is 2.79. The molecule has 1 aliphatic heterocycles. The van der Waals surface area contributed by atoms with E-state index in [0.29, 0.717) is 24.7 Å². The van der Waals surface area contributed by atoms with Crippen LogP contribution in [0.1, 0.15) is 18.2 Å². The van der Waals surface area contributed by atoms with Crippen LogP contribution in [0.4, 0.5) is 5.69 Å². The number of rotatable bonds is 4. The first-order valence-electron chi connectivity index (χ1n) is 7.56. The van der Waals surface area contributed by atoms with E-state index < -0.39 is 0 Å². The van der Waals surface area contributed by atoms with Gasteiger partial charge in [0, 0.05) is 23.5 Å². The van der Waals surface area contributed by atoms with Gasteiger partial charge in [-0.2, -0.15) is 4.98 Å². The molecular weight excluding hydrogens is 342 g/mol. The molecule has 5 nitrogen and oxygen atoms in total. The Morgan fingerprint density at radius 2 is 2.12 bits per heavy atom. The van der Waals surface area contributed by atoms with Gasteiger partial charge in [-0.3, -0.25) is 4.79 Å². The van der Waals surface area contributed by atoms with E-state index in [1.807, 2.05) is 48.0 Å². The van der Waals surface area contributed by atoms with Crippen LogP contribution in [0.25, 0.3) is 10.7 Å². The van der Waals surface area contributed by atoms with E-state index in [-0.39, 0.29) is 11.8 Å². The molecule has 0 N–H and O–H groups in total. The highest BCUT2D eigenvalue weighted by Crippen LogP contribution is 2.33. The van der Waals surface area contributed by atoms with E-state index >= 15 is 0 Å². The molecule has 0 saturated carbocycles. The zero-order valence-corrected chi connectivity index (χ0v) is 14.6. The number of nitrogens with zero attached hydrogens (tertiary/aromatic N) is 3. The number of aromatic nitrogens is 2. The van der Waals surface area contributed by atoms with Crippen molar-refractivity contribution >= 4 is 34.7 Å². The fourth-order valence-corrected chi connectivity index (χ4v) is 3.85. The molecule has 3 heterocycles. The quantitative estimate of drug-likeness (QED) is 0.660. The molecule has 1 saturated heterocycles. The van der Waals surface area contributed by atoms with Crippen LogP contribution < -0.4 is 4.90 Å². The monoisotopic (exact) mass is 357 g/mol. The topological polar surface area (TPSA) is 59.2 Å². The van der Waals surface area contributed by atoms with Crippen LogP contribution >= 0.6 is 23.1 Å². The van der Waals surface area contributed by atoms with Gasteiger partial charge in [-0.05, 0) is 42.0 Å². The van der Waals surface area contributed by atoms with Crippen molar-refractivity contribution < 1.29 is 9.32 Å². The molecule has 0 bridgehead atoms. The molecule has 1 aromatic carbocycles. The van der Waals surface area contributed by atoms with E-state index in [1.54, 1.807) is 28.0 Å². The number of anilines is 1. The smallest absolute Gasteiger partial charge is 0.232 e. The summed E-state index contributed by atoms with van der Waals surface area (Å²) in [5.41, 5.74) is 0.915. The molecule has 1 aliphatic rings. The number of amides is 1. The zero-order chi connectivity index (χ0) is 16.5. The normalized spacial score (nSPS) is 17.6. The van der Waals surface area contributed by atoms with Gasteiger partial charge in [0.1, 0.15) is 0 Å². The second-order valence-corrected chi connectivity index (χ2v) is 7.36. The van der Waals surface area contributed by atoms with Crippen LogP contribution in [0.5, 0.6) is 0 Å². The van der Waals surface area contributed by atoms with Crippen LogP contribution in [-0.4, -0.2) is 28.8 Å². The summed E-state index contributed by atoms with van der Waals surface area (Å²) in [6, 6.07) is 11.9. The first kappa shape index (κ1) is 15.4. The summed E-state index contributed by atoms with van der Waals surface area (Å²) < 4.78 is 5.40. The van der Waals surface area contributed by atoms with E-state index in [0.717, 1.165) is 10.6 Å². The predicted octanol–water partition coefficient (Wildman–Crippen LogP) is 4.04. The van der Waals surface area contributed by atoms with Gasteiger partial charge in [0.25, 0.3) is 0 Å². The van der Waals surface area contributed by atoms with Gasteiger partial charge in [-0.1, -0.05) is 11.2 Å². The van der Waals surface area contributed by atoms with E-state index in [1.165, 1.54) is 4.90 Å². The van der Waals surface area contributed by atoms with Crippen LogP contribution in [0, 0.1) is 0 Å². The van der Waals surface area contributed by atoms with Gasteiger partial charge in [0.2, 0.25) is 17.6 Å². The maximum atomic E-state index is 12.4. The van der Waals surface area contributed by atoms with Crippen molar-refractivity contribution in [2.75, 3.05) is 17.7 Å². The molecule has 0 radical (unpaired) electrons. The van der Waals surface area contributed by atoms with Crippen molar-refractivity contribution in [2.24, 2.45) is 0 Å². The molecule has 7 heteroatoms. The lowest BCUT2D eigenvalue weighted by atomic mass is 10.1. The first-order valence-corrected chi connectivity index (χ1v) is 9.67. The Morgan fingerprint density at radius 1 is 1.29 bits per heavy atom. The van der Waals surface area contributed by atoms with Gasteiger partial charge in [-0.15, -0.1) is 23.1 Å². The summed E-state index contributed by atoms with van der Waals surface area (Å²) in [7, 11) is 0. The molecule has 24 heavy (non-hydrogen) atoms. The minimum absolute atomic E-state index is 0.0565. The van der Waals surface area contributed by atoms with E-state index in [2.05, 4.69) is 10.1 Å². The number of thioether (sulfide) groups is 1. The van der Waals surface area contributed by atoms with Gasteiger partial charge in [-0.25, -0.2) is 0 Å². The van der Waals surface area contributed by atoms with Crippen molar-refractivity contribution in [1.29, 1.82) is 0 Å². The van der Waals surface area contributed by atoms with Crippen LogP contribution in [0.15, 0.2) is 51.2 Å². The molecule has 0 aliphatic carbocycles. The SMILES string of the molecule is CSc1ccc(N2CC(c3nc(-c4cccs4)no3)CC2=O)cc1. The summed E-state index contributed by atoms with van der Waals surface area (Å²) >= 11 is 3.25. The molecule has 1 unspecified atom stereocenters. The summed E-state index contributed by atoms with van der Waals surface area (Å²) in [5, 5.41) is 6.02. The van der Waals surface area contributed by atoms with Gasteiger partial charge in [0.05, 0.1) is 10.8 Å². The van der Waals surface area contributed by atoms with Gasteiger partial charge in [0.15, 0.2) is 0 Å². The lowest BCUT2D eigenvalue weighted by Crippen LogP contribution is -2.24. The van der Waals surface area contributed by atoms with Crippen molar-refractivity contribution in [1.82, 2.24) is 10.1 Å². The summed E-state index contributed by atoms with van der Waals surface area (Å²) in [6.07, 6.45) is 2.43. The third kappa shape index (κ3) is 2.85. The van der Waals surface area contributed by atoms with E-state index in [4.69, 9.17) is 4.52 Å². The molecule has 1 atom stereocenters. The molecule has 0 spiro atoms. The number of hydrogen-bond donors (Lipinski definition) is 0. The lowest BCUT2D eigenvalue weighted by Gasteiger charge is -2.16. The van der Waals surface area contributed by atoms with Crippen LogP contribution in [0.3, 0.4) is 0 Å². The molecule has 122 valence electrons. The highest BCUT2D eigenvalue weighted by atomic mass is 32.2. The van der Waals surface area contributed by atoms with Crippen molar-refractivity contribution in [2.45, 2.75) is 17.2 Å². The first-order chi connectivity index (χ1) is 11.7. The molecular formula is C17H15N3O2S2. The Bertz CT molecular complexity index is 843. The van der Waals surface area contributed by atoms with Gasteiger partial charge < -0.3 is 9.42 Å². The maximum Gasteiger partial charge on any atom is 0.232 e. The van der Waals surface area contributed by atoms with Gasteiger partial charge >= 0.3 is 0 Å². The Labute approximate surface area is 147 Å². The third-order valence-electron chi connectivity index (χ3n) is 4.04.